The molecule has 3 aromatic carbocycles. The molecule has 0 saturated heterocycles. The Bertz CT molecular complexity index is 1070. The fourth-order valence-corrected chi connectivity index (χ4v) is 3.88. The first kappa shape index (κ1) is 17.0. The number of Topliss-reactive ketones (excluding diaryl/α,β-unsaturated/α-hetero) is 1. The second kappa shape index (κ2) is 6.09. The van der Waals surface area contributed by atoms with Crippen LogP contribution in [0.5, 0.6) is 0 Å². The van der Waals surface area contributed by atoms with Gasteiger partial charge in [0, 0.05) is 16.1 Å². The number of carbonyl (C=O) groups excluding carboxylic acids is 2. The fourth-order valence-electron chi connectivity index (χ4n) is 3.34. The van der Waals surface area contributed by atoms with Crippen LogP contribution in [0.4, 0.5) is 5.69 Å². The molecule has 0 aromatic heterocycles. The van der Waals surface area contributed by atoms with Crippen LogP contribution in [-0.4, -0.2) is 16.8 Å². The molecule has 0 aliphatic carbocycles. The molecule has 0 unspecified atom stereocenters. The van der Waals surface area contributed by atoms with E-state index in [-0.39, 0.29) is 27.1 Å². The van der Waals surface area contributed by atoms with Crippen molar-refractivity contribution in [2.75, 3.05) is 5.32 Å². The monoisotopic (exact) mass is 385 g/mol. The van der Waals surface area contributed by atoms with E-state index in [4.69, 9.17) is 23.2 Å². The normalized spacial score (nSPS) is 18.7. The summed E-state index contributed by atoms with van der Waals surface area (Å²) in [6.07, 6.45) is -0.406. The Balaban J connectivity index is 1.78. The third-order valence-electron chi connectivity index (χ3n) is 4.62. The number of hydrogen-bond acceptors (Lipinski definition) is 3. The molecule has 3 aromatic rings. The number of halogens is 2. The predicted octanol–water partition coefficient (Wildman–Crippen LogP) is 4.56. The van der Waals surface area contributed by atoms with E-state index in [1.807, 2.05) is 30.3 Å². The molecule has 0 bridgehead atoms. The Labute approximate surface area is 159 Å². The molecule has 26 heavy (non-hydrogen) atoms. The van der Waals surface area contributed by atoms with Gasteiger partial charge in [-0.3, -0.25) is 9.59 Å². The van der Waals surface area contributed by atoms with Gasteiger partial charge in [-0.2, -0.15) is 0 Å². The standard InChI is InChI=1S/C20H13Cl2NO3/c21-12-8-15-18(16(22)9-12)23-19(25)20(15,26)10-17(24)14-7-3-5-11-4-1-2-6-13(11)14/h1-9,26H,10H2,(H,23,25)/t20-/m1/s1. The van der Waals surface area contributed by atoms with Gasteiger partial charge in [0.1, 0.15) is 0 Å². The average molecular weight is 386 g/mol. The first-order valence-corrected chi connectivity index (χ1v) is 8.70. The van der Waals surface area contributed by atoms with E-state index in [0.717, 1.165) is 10.8 Å². The summed E-state index contributed by atoms with van der Waals surface area (Å²) in [4.78, 5) is 25.4. The van der Waals surface area contributed by atoms with Crippen LogP contribution in [0.1, 0.15) is 22.3 Å². The van der Waals surface area contributed by atoms with Gasteiger partial charge in [0.25, 0.3) is 5.91 Å². The molecule has 0 radical (unpaired) electrons. The van der Waals surface area contributed by atoms with Crippen molar-refractivity contribution in [3.05, 3.63) is 75.8 Å². The van der Waals surface area contributed by atoms with Crippen molar-refractivity contribution >= 4 is 51.4 Å². The SMILES string of the molecule is O=C(C[C@]1(O)C(=O)Nc2c(Cl)cc(Cl)cc21)c1cccc2ccccc12. The number of nitrogens with one attached hydrogen (secondary N) is 1. The second-order valence-corrected chi connectivity index (χ2v) is 7.09. The molecule has 1 atom stereocenters. The van der Waals surface area contributed by atoms with Crippen LogP contribution in [0.15, 0.2) is 54.6 Å². The van der Waals surface area contributed by atoms with E-state index in [2.05, 4.69) is 5.32 Å². The zero-order valence-electron chi connectivity index (χ0n) is 13.4. The van der Waals surface area contributed by atoms with E-state index in [1.165, 1.54) is 12.1 Å². The minimum absolute atomic E-state index is 0.216. The summed E-state index contributed by atoms with van der Waals surface area (Å²) < 4.78 is 0. The Morgan fingerprint density at radius 1 is 1.08 bits per heavy atom. The van der Waals surface area contributed by atoms with Crippen molar-refractivity contribution in [2.45, 2.75) is 12.0 Å². The third-order valence-corrected chi connectivity index (χ3v) is 5.14. The van der Waals surface area contributed by atoms with Gasteiger partial charge in [-0.05, 0) is 22.9 Å². The van der Waals surface area contributed by atoms with E-state index < -0.39 is 17.9 Å². The lowest BCUT2D eigenvalue weighted by atomic mass is 9.87. The number of hydrogen-bond donors (Lipinski definition) is 2. The topological polar surface area (TPSA) is 66.4 Å². The number of anilines is 1. The zero-order valence-corrected chi connectivity index (χ0v) is 14.9. The maximum Gasteiger partial charge on any atom is 0.261 e. The maximum atomic E-state index is 12.9. The largest absolute Gasteiger partial charge is 0.375 e. The smallest absolute Gasteiger partial charge is 0.261 e. The molecule has 1 heterocycles. The maximum absolute atomic E-state index is 12.9. The molecule has 130 valence electrons. The first-order chi connectivity index (χ1) is 12.4. The van der Waals surface area contributed by atoms with Crippen LogP contribution < -0.4 is 5.32 Å². The first-order valence-electron chi connectivity index (χ1n) is 7.94. The summed E-state index contributed by atoms with van der Waals surface area (Å²) in [5.74, 6) is -1.03. The molecular weight excluding hydrogens is 373 g/mol. The Morgan fingerprint density at radius 3 is 2.62 bits per heavy atom. The number of benzene rings is 3. The van der Waals surface area contributed by atoms with Crippen LogP contribution in [0, 0.1) is 0 Å². The molecule has 2 N–H and O–H groups in total. The second-order valence-electron chi connectivity index (χ2n) is 6.25. The van der Waals surface area contributed by atoms with Gasteiger partial charge in [-0.15, -0.1) is 0 Å². The van der Waals surface area contributed by atoms with Crippen molar-refractivity contribution in [3.8, 4) is 0 Å². The minimum Gasteiger partial charge on any atom is -0.375 e. The summed E-state index contributed by atoms with van der Waals surface area (Å²) in [5, 5.41) is 15.7. The molecule has 4 nitrogen and oxygen atoms in total. The summed E-state index contributed by atoms with van der Waals surface area (Å²) in [5.41, 5.74) is -1.06. The third kappa shape index (κ3) is 2.58. The molecule has 6 heteroatoms. The lowest BCUT2D eigenvalue weighted by Gasteiger charge is -2.20. The summed E-state index contributed by atoms with van der Waals surface area (Å²) in [7, 11) is 0. The molecule has 0 fully saturated rings. The van der Waals surface area contributed by atoms with Gasteiger partial charge in [0.15, 0.2) is 11.4 Å². The van der Waals surface area contributed by atoms with Crippen molar-refractivity contribution in [3.63, 3.8) is 0 Å². The number of fused-ring (bicyclic) bond motifs is 2. The molecule has 0 saturated carbocycles. The Kier molecular flexibility index (Phi) is 3.99. The van der Waals surface area contributed by atoms with E-state index in [0.29, 0.717) is 5.56 Å². The van der Waals surface area contributed by atoms with Crippen molar-refractivity contribution in [1.29, 1.82) is 0 Å². The van der Waals surface area contributed by atoms with Crippen LogP contribution in [0.2, 0.25) is 10.0 Å². The quantitative estimate of drug-likeness (QED) is 0.649. The van der Waals surface area contributed by atoms with Crippen molar-refractivity contribution in [2.24, 2.45) is 0 Å². The Morgan fingerprint density at radius 2 is 1.81 bits per heavy atom. The van der Waals surface area contributed by atoms with E-state index >= 15 is 0 Å². The number of amides is 1. The number of carbonyl (C=O) groups is 2. The highest BCUT2D eigenvalue weighted by Gasteiger charge is 2.48. The van der Waals surface area contributed by atoms with Crippen LogP contribution in [0.25, 0.3) is 10.8 Å². The van der Waals surface area contributed by atoms with Crippen LogP contribution >= 0.6 is 23.2 Å². The van der Waals surface area contributed by atoms with Gasteiger partial charge in [0.2, 0.25) is 0 Å². The minimum atomic E-state index is -2.02. The van der Waals surface area contributed by atoms with E-state index in [1.54, 1.807) is 12.1 Å². The van der Waals surface area contributed by atoms with Gasteiger partial charge in [0.05, 0.1) is 17.1 Å². The lowest BCUT2D eigenvalue weighted by molar-refractivity contribution is -0.133. The summed E-state index contributed by atoms with van der Waals surface area (Å²) in [6.45, 7) is 0. The van der Waals surface area contributed by atoms with Crippen molar-refractivity contribution in [1.82, 2.24) is 0 Å². The van der Waals surface area contributed by atoms with Crippen LogP contribution in [-0.2, 0) is 10.4 Å². The fraction of sp³-hybridized carbons (Fsp3) is 0.100. The van der Waals surface area contributed by atoms with Gasteiger partial charge in [-0.25, -0.2) is 0 Å². The highest BCUT2D eigenvalue weighted by Crippen LogP contribution is 2.44. The summed E-state index contributed by atoms with van der Waals surface area (Å²) >= 11 is 12.1. The van der Waals surface area contributed by atoms with Gasteiger partial charge < -0.3 is 10.4 Å². The number of rotatable bonds is 3. The van der Waals surface area contributed by atoms with Crippen molar-refractivity contribution < 1.29 is 14.7 Å². The Hall–Kier alpha value is -2.40. The average Bonchev–Trinajstić information content (AvgIpc) is 2.86. The lowest BCUT2D eigenvalue weighted by Crippen LogP contribution is -2.36. The molecule has 1 aliphatic rings. The highest BCUT2D eigenvalue weighted by molar-refractivity contribution is 6.37. The number of aliphatic hydroxyl groups is 1. The molecule has 1 amide bonds. The van der Waals surface area contributed by atoms with Gasteiger partial charge in [-0.1, -0.05) is 65.7 Å². The zero-order chi connectivity index (χ0) is 18.5. The van der Waals surface area contributed by atoms with E-state index in [9.17, 15) is 14.7 Å². The molecule has 1 aliphatic heterocycles. The highest BCUT2D eigenvalue weighted by atomic mass is 35.5. The van der Waals surface area contributed by atoms with Crippen LogP contribution in [0.3, 0.4) is 0 Å². The molecular formula is C20H13Cl2NO3. The predicted molar refractivity (Wildman–Crippen MR) is 102 cm³/mol. The van der Waals surface area contributed by atoms with Gasteiger partial charge >= 0.3 is 0 Å². The summed E-state index contributed by atoms with van der Waals surface area (Å²) in [6, 6.07) is 15.7. The molecule has 0 spiro atoms. The molecule has 4 rings (SSSR count). The number of ketones is 1.